The van der Waals surface area contributed by atoms with Crippen LogP contribution in [0.2, 0.25) is 0 Å². The number of fused-ring (bicyclic) bond motifs is 2. The van der Waals surface area contributed by atoms with Crippen molar-refractivity contribution in [1.29, 1.82) is 0 Å². The number of Topliss-reactive ketones (excluding diaryl/α,β-unsaturated/α-hetero) is 1. The molecular weight excluding hydrogens is 288 g/mol. The van der Waals surface area contributed by atoms with Gasteiger partial charge in [0, 0.05) is 31.7 Å². The Hall–Kier alpha value is -1.68. The summed E-state index contributed by atoms with van der Waals surface area (Å²) >= 11 is 0. The number of carbonyl (C=O) groups is 2. The molecule has 1 saturated heterocycles. The molecular formula is C19H24N2O2. The molecule has 1 saturated carbocycles. The van der Waals surface area contributed by atoms with E-state index in [9.17, 15) is 9.59 Å². The number of ketones is 1. The number of nitrogens with zero attached hydrogens (tertiary/aromatic N) is 2. The summed E-state index contributed by atoms with van der Waals surface area (Å²) in [6.45, 7) is 3.65. The fourth-order valence-electron chi connectivity index (χ4n) is 4.84. The van der Waals surface area contributed by atoms with E-state index >= 15 is 0 Å². The Morgan fingerprint density at radius 3 is 2.43 bits per heavy atom. The highest BCUT2D eigenvalue weighted by Crippen LogP contribution is 2.42. The van der Waals surface area contributed by atoms with Crippen molar-refractivity contribution in [3.63, 3.8) is 0 Å². The Balaban J connectivity index is 1.76. The molecule has 0 spiro atoms. The van der Waals surface area contributed by atoms with E-state index in [1.165, 1.54) is 25.7 Å². The van der Waals surface area contributed by atoms with Crippen LogP contribution in [0.5, 0.6) is 0 Å². The highest BCUT2D eigenvalue weighted by Gasteiger charge is 2.54. The molecule has 1 aromatic rings. The smallest absolute Gasteiger partial charge is 0.254 e. The third-order valence-corrected chi connectivity index (χ3v) is 6.22. The molecule has 0 radical (unpaired) electrons. The Bertz CT molecular complexity index is 665. The molecule has 3 aliphatic rings. The van der Waals surface area contributed by atoms with E-state index in [2.05, 4.69) is 11.8 Å². The lowest BCUT2D eigenvalue weighted by molar-refractivity contribution is 0.0606. The summed E-state index contributed by atoms with van der Waals surface area (Å²) in [5.41, 5.74) is 0.658. The first kappa shape index (κ1) is 14.9. The molecule has 2 heterocycles. The molecule has 0 N–H and O–H groups in total. The number of likely N-dealkylation sites (tertiary alicyclic amines) is 1. The molecule has 2 aliphatic heterocycles. The topological polar surface area (TPSA) is 40.6 Å². The van der Waals surface area contributed by atoms with Crippen LogP contribution in [0.1, 0.15) is 53.3 Å². The average molecular weight is 312 g/mol. The Morgan fingerprint density at radius 2 is 1.74 bits per heavy atom. The van der Waals surface area contributed by atoms with Gasteiger partial charge in [0.05, 0.1) is 17.0 Å². The Kier molecular flexibility index (Phi) is 3.34. The zero-order valence-electron chi connectivity index (χ0n) is 13.9. The predicted molar refractivity (Wildman–Crippen MR) is 88.6 cm³/mol. The van der Waals surface area contributed by atoms with Crippen molar-refractivity contribution in [3.8, 4) is 0 Å². The first-order chi connectivity index (χ1) is 11.0. The van der Waals surface area contributed by atoms with Gasteiger partial charge in [0.15, 0.2) is 5.78 Å². The van der Waals surface area contributed by atoms with Crippen molar-refractivity contribution in [1.82, 2.24) is 9.80 Å². The molecule has 2 fully saturated rings. The number of hydrogen-bond acceptors (Lipinski definition) is 3. The minimum atomic E-state index is -0.500. The standard InChI is InChI=1S/C19H24N2O2/c1-19-12-21(13-7-3-4-8-13)11-16(19)20(2)18(23)15-10-6-5-9-14(15)17(19)22/h5-6,9-10,13,16H,3-4,7-8,11-12H2,1-2H3/t16-,19+/m1/s1. The van der Waals surface area contributed by atoms with Gasteiger partial charge in [-0.15, -0.1) is 0 Å². The molecule has 4 rings (SSSR count). The van der Waals surface area contributed by atoms with E-state index in [4.69, 9.17) is 0 Å². The summed E-state index contributed by atoms with van der Waals surface area (Å²) in [5, 5.41) is 0. The number of amides is 1. The zero-order chi connectivity index (χ0) is 16.2. The van der Waals surface area contributed by atoms with Crippen molar-refractivity contribution >= 4 is 11.7 Å². The summed E-state index contributed by atoms with van der Waals surface area (Å²) in [6, 6.07) is 7.85. The second-order valence-electron chi connectivity index (χ2n) is 7.59. The van der Waals surface area contributed by atoms with Crippen molar-refractivity contribution in [2.24, 2.45) is 5.41 Å². The number of carbonyl (C=O) groups excluding carboxylic acids is 2. The summed E-state index contributed by atoms with van der Waals surface area (Å²) in [6.07, 6.45) is 5.03. The Morgan fingerprint density at radius 1 is 1.09 bits per heavy atom. The van der Waals surface area contributed by atoms with Gasteiger partial charge in [-0.25, -0.2) is 0 Å². The van der Waals surface area contributed by atoms with E-state index in [0.717, 1.165) is 13.1 Å². The minimum Gasteiger partial charge on any atom is -0.336 e. The Labute approximate surface area is 137 Å². The van der Waals surface area contributed by atoms with Crippen molar-refractivity contribution < 1.29 is 9.59 Å². The second-order valence-corrected chi connectivity index (χ2v) is 7.59. The van der Waals surface area contributed by atoms with E-state index in [1.54, 1.807) is 6.07 Å². The van der Waals surface area contributed by atoms with Gasteiger partial charge in [-0.05, 0) is 25.8 Å². The van der Waals surface area contributed by atoms with Crippen LogP contribution >= 0.6 is 0 Å². The third-order valence-electron chi connectivity index (χ3n) is 6.22. The first-order valence-corrected chi connectivity index (χ1v) is 8.67. The highest BCUT2D eigenvalue weighted by atomic mass is 16.2. The zero-order valence-corrected chi connectivity index (χ0v) is 13.9. The SMILES string of the molecule is CN1C(=O)c2ccccc2C(=O)[C@@]2(C)CN(C3CCCC3)C[C@@H]12. The van der Waals surface area contributed by atoms with Gasteiger partial charge in [0.25, 0.3) is 5.91 Å². The molecule has 0 bridgehead atoms. The van der Waals surface area contributed by atoms with Gasteiger partial charge in [-0.1, -0.05) is 31.0 Å². The average Bonchev–Trinajstić information content (AvgIpc) is 3.19. The van der Waals surface area contributed by atoms with Crippen LogP contribution in [0.25, 0.3) is 0 Å². The van der Waals surface area contributed by atoms with Crippen molar-refractivity contribution in [2.45, 2.75) is 44.7 Å². The molecule has 122 valence electrons. The lowest BCUT2D eigenvalue weighted by atomic mass is 9.78. The van der Waals surface area contributed by atoms with Gasteiger partial charge < -0.3 is 4.90 Å². The molecule has 1 amide bonds. The fraction of sp³-hybridized carbons (Fsp3) is 0.579. The van der Waals surface area contributed by atoms with Gasteiger partial charge >= 0.3 is 0 Å². The number of rotatable bonds is 1. The van der Waals surface area contributed by atoms with E-state index in [0.29, 0.717) is 17.2 Å². The molecule has 0 unspecified atom stereocenters. The molecule has 1 aromatic carbocycles. The number of hydrogen-bond donors (Lipinski definition) is 0. The maximum Gasteiger partial charge on any atom is 0.254 e. The van der Waals surface area contributed by atoms with Gasteiger partial charge in [0.2, 0.25) is 0 Å². The van der Waals surface area contributed by atoms with Crippen LogP contribution in [-0.2, 0) is 0 Å². The minimum absolute atomic E-state index is 0.0176. The van der Waals surface area contributed by atoms with Crippen LogP contribution in [0.15, 0.2) is 24.3 Å². The van der Waals surface area contributed by atoms with Crippen LogP contribution in [-0.4, -0.2) is 53.7 Å². The lowest BCUT2D eigenvalue weighted by Crippen LogP contribution is -2.48. The monoisotopic (exact) mass is 312 g/mol. The normalized spacial score (nSPS) is 32.1. The van der Waals surface area contributed by atoms with E-state index in [1.807, 2.05) is 30.1 Å². The van der Waals surface area contributed by atoms with Gasteiger partial charge in [-0.2, -0.15) is 0 Å². The van der Waals surface area contributed by atoms with Gasteiger partial charge in [-0.3, -0.25) is 14.5 Å². The lowest BCUT2D eigenvalue weighted by Gasteiger charge is -2.32. The van der Waals surface area contributed by atoms with Crippen LogP contribution in [0.3, 0.4) is 0 Å². The van der Waals surface area contributed by atoms with Gasteiger partial charge in [0.1, 0.15) is 0 Å². The molecule has 4 heteroatoms. The van der Waals surface area contributed by atoms with Crippen LogP contribution in [0.4, 0.5) is 0 Å². The molecule has 1 aliphatic carbocycles. The van der Waals surface area contributed by atoms with E-state index < -0.39 is 5.41 Å². The van der Waals surface area contributed by atoms with Crippen molar-refractivity contribution in [2.75, 3.05) is 20.1 Å². The van der Waals surface area contributed by atoms with E-state index in [-0.39, 0.29) is 17.7 Å². The maximum absolute atomic E-state index is 13.3. The summed E-state index contributed by atoms with van der Waals surface area (Å²) in [5.74, 6) is 0.118. The first-order valence-electron chi connectivity index (χ1n) is 8.67. The summed E-state index contributed by atoms with van der Waals surface area (Å²) < 4.78 is 0. The third kappa shape index (κ3) is 2.08. The van der Waals surface area contributed by atoms with Crippen LogP contribution in [0, 0.1) is 5.41 Å². The van der Waals surface area contributed by atoms with Crippen molar-refractivity contribution in [3.05, 3.63) is 35.4 Å². The summed E-state index contributed by atoms with van der Waals surface area (Å²) in [4.78, 5) is 30.4. The molecule has 4 nitrogen and oxygen atoms in total. The number of benzene rings is 1. The highest BCUT2D eigenvalue weighted by molar-refractivity contribution is 6.12. The molecule has 0 aromatic heterocycles. The molecule has 23 heavy (non-hydrogen) atoms. The predicted octanol–water partition coefficient (Wildman–Crippen LogP) is 2.59. The second kappa shape index (κ2) is 5.17. The molecule has 2 atom stereocenters. The summed E-state index contributed by atoms with van der Waals surface area (Å²) in [7, 11) is 1.86. The fourth-order valence-corrected chi connectivity index (χ4v) is 4.84. The largest absolute Gasteiger partial charge is 0.336 e. The number of likely N-dealkylation sites (N-methyl/N-ethyl adjacent to an activating group) is 1. The van der Waals surface area contributed by atoms with Crippen LogP contribution < -0.4 is 0 Å². The maximum atomic E-state index is 13.3. The quantitative estimate of drug-likeness (QED) is 0.800.